The van der Waals surface area contributed by atoms with E-state index in [1.807, 2.05) is 37.3 Å². The third-order valence-corrected chi connectivity index (χ3v) is 5.28. The minimum atomic E-state index is -3.18. The number of sulfone groups is 1. The van der Waals surface area contributed by atoms with E-state index in [0.29, 0.717) is 6.54 Å². The highest BCUT2D eigenvalue weighted by Crippen LogP contribution is 2.12. The topological polar surface area (TPSA) is 46.2 Å². The van der Waals surface area contributed by atoms with Gasteiger partial charge in [0.05, 0.1) is 5.75 Å². The van der Waals surface area contributed by atoms with Crippen LogP contribution in [0.25, 0.3) is 0 Å². The summed E-state index contributed by atoms with van der Waals surface area (Å²) >= 11 is 5.62. The third kappa shape index (κ3) is 4.96. The van der Waals surface area contributed by atoms with E-state index in [1.165, 1.54) is 6.92 Å². The minimum Gasteiger partial charge on any atom is -0.385 e. The second-order valence-corrected chi connectivity index (χ2v) is 7.50. The second kappa shape index (κ2) is 6.26. The molecule has 3 nitrogen and oxygen atoms in total. The van der Waals surface area contributed by atoms with Crippen LogP contribution in [-0.4, -0.2) is 25.4 Å². The number of nitrogens with one attached hydrogen (secondary N) is 1. The molecule has 0 saturated heterocycles. The molecule has 0 aliphatic rings. The Labute approximate surface area is 108 Å². The van der Waals surface area contributed by atoms with Gasteiger partial charge in [-0.1, -0.05) is 25.1 Å². The molecule has 0 aromatic heterocycles. The number of anilines is 1. The van der Waals surface area contributed by atoms with Crippen LogP contribution in [0.15, 0.2) is 30.3 Å². The Kier molecular flexibility index (Phi) is 5.28. The van der Waals surface area contributed by atoms with Crippen LogP contribution in [0, 0.1) is 5.92 Å². The molecule has 1 aromatic rings. The van der Waals surface area contributed by atoms with Crippen molar-refractivity contribution in [2.75, 3.05) is 17.6 Å². The van der Waals surface area contributed by atoms with Crippen LogP contribution in [0.4, 0.5) is 5.69 Å². The summed E-state index contributed by atoms with van der Waals surface area (Å²) < 4.78 is 22.4. The molecule has 0 fully saturated rings. The number of alkyl halides is 1. The first kappa shape index (κ1) is 14.3. The molecule has 0 spiro atoms. The summed E-state index contributed by atoms with van der Waals surface area (Å²) in [7, 11) is -3.18. The molecule has 5 heteroatoms. The number of hydrogen-bond donors (Lipinski definition) is 1. The molecule has 0 saturated carbocycles. The second-order valence-electron chi connectivity index (χ2n) is 4.22. The fraction of sp³-hybridized carbons (Fsp3) is 0.500. The maximum absolute atomic E-state index is 11.6. The molecule has 0 bridgehead atoms. The molecule has 2 unspecified atom stereocenters. The highest BCUT2D eigenvalue weighted by atomic mass is 35.5. The van der Waals surface area contributed by atoms with Crippen molar-refractivity contribution in [1.82, 2.24) is 0 Å². The number of hydrogen-bond acceptors (Lipinski definition) is 3. The predicted molar refractivity (Wildman–Crippen MR) is 73.2 cm³/mol. The lowest BCUT2D eigenvalue weighted by atomic mass is 10.2. The van der Waals surface area contributed by atoms with Crippen LogP contribution < -0.4 is 5.32 Å². The molecule has 17 heavy (non-hydrogen) atoms. The van der Waals surface area contributed by atoms with E-state index < -0.39 is 14.5 Å². The van der Waals surface area contributed by atoms with Gasteiger partial charge in [-0.3, -0.25) is 0 Å². The van der Waals surface area contributed by atoms with Crippen molar-refractivity contribution in [2.24, 2.45) is 5.92 Å². The van der Waals surface area contributed by atoms with Gasteiger partial charge in [0.25, 0.3) is 0 Å². The number of benzene rings is 1. The van der Waals surface area contributed by atoms with E-state index in [-0.39, 0.29) is 11.7 Å². The molecule has 1 rings (SSSR count). The highest BCUT2D eigenvalue weighted by Gasteiger charge is 2.21. The molecule has 0 aliphatic heterocycles. The predicted octanol–water partition coefficient (Wildman–Crippen LogP) is 2.73. The van der Waals surface area contributed by atoms with Gasteiger partial charge in [0.2, 0.25) is 0 Å². The summed E-state index contributed by atoms with van der Waals surface area (Å²) in [5.74, 6) is 0.138. The Balaban J connectivity index is 2.44. The Morgan fingerprint density at radius 2 is 1.82 bits per heavy atom. The van der Waals surface area contributed by atoms with Gasteiger partial charge in [-0.25, -0.2) is 8.42 Å². The van der Waals surface area contributed by atoms with Crippen LogP contribution in [-0.2, 0) is 9.84 Å². The van der Waals surface area contributed by atoms with E-state index in [4.69, 9.17) is 11.6 Å². The summed E-state index contributed by atoms with van der Waals surface area (Å²) in [6.45, 7) is 4.01. The smallest absolute Gasteiger partial charge is 0.167 e. The van der Waals surface area contributed by atoms with Crippen molar-refractivity contribution >= 4 is 27.1 Å². The highest BCUT2D eigenvalue weighted by molar-refractivity contribution is 7.93. The van der Waals surface area contributed by atoms with Gasteiger partial charge in [0.15, 0.2) is 9.84 Å². The molecule has 96 valence electrons. The zero-order valence-electron chi connectivity index (χ0n) is 10.1. The van der Waals surface area contributed by atoms with Crippen molar-refractivity contribution in [3.05, 3.63) is 30.3 Å². The van der Waals surface area contributed by atoms with Gasteiger partial charge in [0.1, 0.15) is 4.71 Å². The maximum atomic E-state index is 11.6. The standard InChI is InChI=1S/C12H18ClNO2S/c1-10(9-17(15,16)11(2)13)8-14-12-6-4-3-5-7-12/h3-7,10-11,14H,8-9H2,1-2H3. The molecular formula is C12H18ClNO2S. The fourth-order valence-electron chi connectivity index (χ4n) is 1.44. The number of rotatable bonds is 6. The molecule has 0 amide bonds. The quantitative estimate of drug-likeness (QED) is 0.812. The first-order valence-electron chi connectivity index (χ1n) is 5.56. The van der Waals surface area contributed by atoms with E-state index in [1.54, 1.807) is 0 Å². The maximum Gasteiger partial charge on any atom is 0.167 e. The van der Waals surface area contributed by atoms with Crippen molar-refractivity contribution in [3.63, 3.8) is 0 Å². The Morgan fingerprint density at radius 3 is 2.35 bits per heavy atom. The Morgan fingerprint density at radius 1 is 1.24 bits per heavy atom. The molecule has 0 radical (unpaired) electrons. The average Bonchev–Trinajstić information content (AvgIpc) is 2.27. The van der Waals surface area contributed by atoms with E-state index in [9.17, 15) is 8.42 Å². The van der Waals surface area contributed by atoms with E-state index >= 15 is 0 Å². The first-order chi connectivity index (χ1) is 7.92. The normalized spacial score (nSPS) is 15.2. The first-order valence-corrected chi connectivity index (χ1v) is 7.71. The molecule has 0 aliphatic carbocycles. The SMILES string of the molecule is CC(CNc1ccccc1)CS(=O)(=O)C(C)Cl. The zero-order chi connectivity index (χ0) is 12.9. The Hall–Kier alpha value is -0.740. The van der Waals surface area contributed by atoms with Gasteiger partial charge in [-0.2, -0.15) is 0 Å². The molecule has 1 N–H and O–H groups in total. The summed E-state index contributed by atoms with van der Waals surface area (Å²) in [5.41, 5.74) is 0.996. The largest absolute Gasteiger partial charge is 0.385 e. The van der Waals surface area contributed by atoms with Gasteiger partial charge >= 0.3 is 0 Å². The average molecular weight is 276 g/mol. The molecule has 2 atom stereocenters. The summed E-state index contributed by atoms with van der Waals surface area (Å²) in [4.78, 5) is 0. The van der Waals surface area contributed by atoms with Crippen molar-refractivity contribution < 1.29 is 8.42 Å². The van der Waals surface area contributed by atoms with Crippen LogP contribution in [0.5, 0.6) is 0 Å². The van der Waals surface area contributed by atoms with Crippen molar-refractivity contribution in [3.8, 4) is 0 Å². The van der Waals surface area contributed by atoms with Gasteiger partial charge in [0, 0.05) is 12.2 Å². The van der Waals surface area contributed by atoms with E-state index in [0.717, 1.165) is 5.69 Å². The monoisotopic (exact) mass is 275 g/mol. The van der Waals surface area contributed by atoms with Crippen LogP contribution in [0.2, 0.25) is 0 Å². The molecular weight excluding hydrogens is 258 g/mol. The third-order valence-electron chi connectivity index (χ3n) is 2.44. The van der Waals surface area contributed by atoms with Gasteiger partial charge in [-0.15, -0.1) is 11.6 Å². The molecule has 1 aromatic carbocycles. The minimum absolute atomic E-state index is 0.0291. The lowest BCUT2D eigenvalue weighted by molar-refractivity contribution is 0.576. The number of halogens is 1. The van der Waals surface area contributed by atoms with Crippen LogP contribution in [0.1, 0.15) is 13.8 Å². The van der Waals surface area contributed by atoms with Crippen molar-refractivity contribution in [2.45, 2.75) is 18.6 Å². The summed E-state index contributed by atoms with van der Waals surface area (Å²) in [6, 6.07) is 9.71. The molecule has 0 heterocycles. The van der Waals surface area contributed by atoms with Gasteiger partial charge < -0.3 is 5.32 Å². The Bertz CT molecular complexity index is 431. The summed E-state index contributed by atoms with van der Waals surface area (Å²) in [6.07, 6.45) is 0. The van der Waals surface area contributed by atoms with Crippen LogP contribution in [0.3, 0.4) is 0 Å². The lowest BCUT2D eigenvalue weighted by Gasteiger charge is -2.14. The lowest BCUT2D eigenvalue weighted by Crippen LogP contribution is -2.25. The van der Waals surface area contributed by atoms with E-state index in [2.05, 4.69) is 5.32 Å². The number of para-hydroxylation sites is 1. The van der Waals surface area contributed by atoms with Crippen LogP contribution >= 0.6 is 11.6 Å². The van der Waals surface area contributed by atoms with Gasteiger partial charge in [-0.05, 0) is 25.0 Å². The summed E-state index contributed by atoms with van der Waals surface area (Å²) in [5, 5.41) is 3.20. The van der Waals surface area contributed by atoms with Crippen molar-refractivity contribution in [1.29, 1.82) is 0 Å². The zero-order valence-corrected chi connectivity index (χ0v) is 11.6. The fourth-order valence-corrected chi connectivity index (χ4v) is 2.83.